The molecule has 0 amide bonds. The van der Waals surface area contributed by atoms with Gasteiger partial charge in [0.15, 0.2) is 0 Å². The number of ether oxygens (including phenoxy) is 1. The van der Waals surface area contributed by atoms with Gasteiger partial charge in [-0.15, -0.1) is 0 Å². The van der Waals surface area contributed by atoms with Crippen molar-refractivity contribution in [1.29, 1.82) is 0 Å². The van der Waals surface area contributed by atoms with Crippen LogP contribution in [0.25, 0.3) is 0 Å². The molecule has 2 heteroatoms. The molecule has 2 nitrogen and oxygen atoms in total. The van der Waals surface area contributed by atoms with Gasteiger partial charge in [-0.2, -0.15) is 0 Å². The molecule has 1 rings (SSSR count). The number of rotatable bonds is 3. The molecule has 0 aromatic heterocycles. The van der Waals surface area contributed by atoms with E-state index < -0.39 is 0 Å². The highest BCUT2D eigenvalue weighted by molar-refractivity contribution is 5.76. The van der Waals surface area contributed by atoms with Crippen LogP contribution in [0.5, 0.6) is 0 Å². The SMILES string of the molecule is CC/C=C1\CC(C)(C)CCC1C(=O)OCC. The summed E-state index contributed by atoms with van der Waals surface area (Å²) in [5.74, 6) is -0.00868. The topological polar surface area (TPSA) is 26.3 Å². The molecule has 16 heavy (non-hydrogen) atoms. The van der Waals surface area contributed by atoms with Gasteiger partial charge in [-0.1, -0.05) is 32.4 Å². The molecule has 92 valence electrons. The Labute approximate surface area is 99.1 Å². The highest BCUT2D eigenvalue weighted by Crippen LogP contribution is 2.42. The van der Waals surface area contributed by atoms with E-state index in [1.807, 2.05) is 6.92 Å². The lowest BCUT2D eigenvalue weighted by atomic mass is 9.70. The number of carbonyl (C=O) groups excluding carboxylic acids is 1. The molecule has 1 saturated carbocycles. The van der Waals surface area contributed by atoms with E-state index in [1.165, 1.54) is 5.57 Å². The van der Waals surface area contributed by atoms with Gasteiger partial charge in [0, 0.05) is 0 Å². The van der Waals surface area contributed by atoms with Gasteiger partial charge < -0.3 is 4.74 Å². The summed E-state index contributed by atoms with van der Waals surface area (Å²) in [5.41, 5.74) is 1.63. The van der Waals surface area contributed by atoms with Crippen molar-refractivity contribution in [3.05, 3.63) is 11.6 Å². The van der Waals surface area contributed by atoms with Gasteiger partial charge in [0.1, 0.15) is 0 Å². The Balaban J connectivity index is 2.77. The maximum absolute atomic E-state index is 11.8. The lowest BCUT2D eigenvalue weighted by Crippen LogP contribution is -2.29. The standard InChI is InChI=1S/C14H24O2/c1-5-7-11-10-14(3,4)9-8-12(11)13(15)16-6-2/h7,12H,5-6,8-10H2,1-4H3/b11-7+. The van der Waals surface area contributed by atoms with Crippen molar-refractivity contribution in [2.24, 2.45) is 11.3 Å². The summed E-state index contributed by atoms with van der Waals surface area (Å²) < 4.78 is 5.15. The van der Waals surface area contributed by atoms with E-state index in [1.54, 1.807) is 0 Å². The molecular formula is C14H24O2. The third kappa shape index (κ3) is 3.36. The van der Waals surface area contributed by atoms with E-state index in [0.717, 1.165) is 25.7 Å². The van der Waals surface area contributed by atoms with Gasteiger partial charge >= 0.3 is 5.97 Å². The normalized spacial score (nSPS) is 26.8. The van der Waals surface area contributed by atoms with Crippen molar-refractivity contribution >= 4 is 5.97 Å². The summed E-state index contributed by atoms with van der Waals surface area (Å²) in [6.07, 6.45) is 6.29. The molecule has 0 bridgehead atoms. The number of esters is 1. The Morgan fingerprint density at radius 3 is 2.75 bits per heavy atom. The molecule has 1 unspecified atom stereocenters. The van der Waals surface area contributed by atoms with E-state index >= 15 is 0 Å². The van der Waals surface area contributed by atoms with E-state index in [9.17, 15) is 4.79 Å². The third-order valence-electron chi connectivity index (χ3n) is 3.28. The molecule has 1 atom stereocenters. The Hall–Kier alpha value is -0.790. The number of hydrogen-bond acceptors (Lipinski definition) is 2. The monoisotopic (exact) mass is 224 g/mol. The molecule has 0 aliphatic heterocycles. The highest BCUT2D eigenvalue weighted by Gasteiger charge is 2.34. The summed E-state index contributed by atoms with van der Waals surface area (Å²) in [5, 5.41) is 0. The zero-order valence-electron chi connectivity index (χ0n) is 11.0. The first-order valence-corrected chi connectivity index (χ1v) is 6.35. The molecule has 1 aliphatic rings. The summed E-state index contributed by atoms with van der Waals surface area (Å²) in [6.45, 7) is 9.03. The van der Waals surface area contributed by atoms with Gasteiger partial charge in [0.05, 0.1) is 12.5 Å². The van der Waals surface area contributed by atoms with Crippen LogP contribution in [0, 0.1) is 11.3 Å². The van der Waals surface area contributed by atoms with Crippen molar-refractivity contribution in [1.82, 2.24) is 0 Å². The quantitative estimate of drug-likeness (QED) is 0.539. The van der Waals surface area contributed by atoms with Crippen LogP contribution >= 0.6 is 0 Å². The van der Waals surface area contributed by atoms with Crippen molar-refractivity contribution < 1.29 is 9.53 Å². The van der Waals surface area contributed by atoms with Crippen LogP contribution in [0.4, 0.5) is 0 Å². The molecule has 0 aromatic rings. The summed E-state index contributed by atoms with van der Waals surface area (Å²) >= 11 is 0. The molecule has 0 N–H and O–H groups in total. The lowest BCUT2D eigenvalue weighted by molar-refractivity contribution is -0.147. The Morgan fingerprint density at radius 2 is 2.19 bits per heavy atom. The molecule has 1 fully saturated rings. The third-order valence-corrected chi connectivity index (χ3v) is 3.28. The van der Waals surface area contributed by atoms with Crippen LogP contribution in [-0.4, -0.2) is 12.6 Å². The zero-order valence-corrected chi connectivity index (χ0v) is 11.0. The van der Waals surface area contributed by atoms with Crippen LogP contribution < -0.4 is 0 Å². The average molecular weight is 224 g/mol. The second-order valence-electron chi connectivity index (χ2n) is 5.37. The number of allylic oxidation sites excluding steroid dienone is 1. The molecule has 0 aromatic carbocycles. The molecule has 0 radical (unpaired) electrons. The first kappa shape index (κ1) is 13.3. The van der Waals surface area contributed by atoms with Gasteiger partial charge in [-0.05, 0) is 38.0 Å². The van der Waals surface area contributed by atoms with Crippen molar-refractivity contribution in [3.63, 3.8) is 0 Å². The minimum absolute atomic E-state index is 0.0212. The van der Waals surface area contributed by atoms with Crippen LogP contribution in [0.3, 0.4) is 0 Å². The molecule has 0 spiro atoms. The second kappa shape index (κ2) is 5.51. The first-order valence-electron chi connectivity index (χ1n) is 6.35. The Morgan fingerprint density at radius 1 is 1.50 bits per heavy atom. The fraction of sp³-hybridized carbons (Fsp3) is 0.786. The fourth-order valence-corrected chi connectivity index (χ4v) is 2.47. The van der Waals surface area contributed by atoms with Crippen molar-refractivity contribution in [3.8, 4) is 0 Å². The Bertz CT molecular complexity index is 276. The highest BCUT2D eigenvalue weighted by atomic mass is 16.5. The van der Waals surface area contributed by atoms with Gasteiger partial charge in [-0.3, -0.25) is 4.79 Å². The zero-order chi connectivity index (χ0) is 12.2. The number of carbonyl (C=O) groups is 1. The van der Waals surface area contributed by atoms with Gasteiger partial charge in [0.2, 0.25) is 0 Å². The molecular weight excluding hydrogens is 200 g/mol. The van der Waals surface area contributed by atoms with E-state index in [2.05, 4.69) is 26.8 Å². The van der Waals surface area contributed by atoms with Gasteiger partial charge in [-0.25, -0.2) is 0 Å². The van der Waals surface area contributed by atoms with Crippen molar-refractivity contribution in [2.75, 3.05) is 6.61 Å². The second-order valence-corrected chi connectivity index (χ2v) is 5.37. The molecule has 1 aliphatic carbocycles. The predicted molar refractivity (Wildman–Crippen MR) is 66.1 cm³/mol. The molecule has 0 saturated heterocycles. The maximum atomic E-state index is 11.8. The van der Waals surface area contributed by atoms with E-state index in [-0.39, 0.29) is 11.9 Å². The maximum Gasteiger partial charge on any atom is 0.313 e. The van der Waals surface area contributed by atoms with Gasteiger partial charge in [0.25, 0.3) is 0 Å². The summed E-state index contributed by atoms with van der Waals surface area (Å²) in [7, 11) is 0. The molecule has 0 heterocycles. The Kier molecular flexibility index (Phi) is 4.57. The first-order chi connectivity index (χ1) is 7.50. The fourth-order valence-electron chi connectivity index (χ4n) is 2.47. The lowest BCUT2D eigenvalue weighted by Gasteiger charge is -2.35. The minimum atomic E-state index is -0.0299. The van der Waals surface area contributed by atoms with Crippen LogP contribution in [0.2, 0.25) is 0 Å². The minimum Gasteiger partial charge on any atom is -0.466 e. The van der Waals surface area contributed by atoms with E-state index in [0.29, 0.717) is 12.0 Å². The smallest absolute Gasteiger partial charge is 0.313 e. The van der Waals surface area contributed by atoms with Crippen LogP contribution in [0.15, 0.2) is 11.6 Å². The van der Waals surface area contributed by atoms with Crippen LogP contribution in [-0.2, 0) is 9.53 Å². The predicted octanol–water partition coefficient (Wildman–Crippen LogP) is 3.71. The van der Waals surface area contributed by atoms with Crippen LogP contribution in [0.1, 0.15) is 53.4 Å². The summed E-state index contributed by atoms with van der Waals surface area (Å²) in [6, 6.07) is 0. The average Bonchev–Trinajstić information content (AvgIpc) is 2.17. The number of hydrogen-bond donors (Lipinski definition) is 0. The largest absolute Gasteiger partial charge is 0.466 e. The van der Waals surface area contributed by atoms with E-state index in [4.69, 9.17) is 4.74 Å². The van der Waals surface area contributed by atoms with Crippen molar-refractivity contribution in [2.45, 2.75) is 53.4 Å². The summed E-state index contributed by atoms with van der Waals surface area (Å²) in [4.78, 5) is 11.8.